The van der Waals surface area contributed by atoms with Crippen LogP contribution >= 0.6 is 11.6 Å². The minimum atomic E-state index is -4.78. The number of likely N-dealkylation sites (tertiary alicyclic amines) is 1. The zero-order valence-electron chi connectivity index (χ0n) is 20.2. The molecule has 0 saturated carbocycles. The summed E-state index contributed by atoms with van der Waals surface area (Å²) in [5.74, 6) is -1.11. The summed E-state index contributed by atoms with van der Waals surface area (Å²) in [7, 11) is -3.43. The number of fused-ring (bicyclic) bond motifs is 1. The van der Waals surface area contributed by atoms with Gasteiger partial charge in [0, 0.05) is 38.3 Å². The molecule has 0 radical (unpaired) electrons. The number of aromatic nitrogens is 2. The third-order valence-corrected chi connectivity index (χ3v) is 8.61. The molecule has 2 aromatic heterocycles. The molecule has 1 atom stereocenters. The van der Waals surface area contributed by atoms with Crippen LogP contribution in [0.4, 0.5) is 17.6 Å². The Morgan fingerprint density at radius 3 is 2.58 bits per heavy atom. The number of hydrogen-bond donors (Lipinski definition) is 0. The van der Waals surface area contributed by atoms with Crippen LogP contribution in [0.2, 0.25) is 5.15 Å². The number of carbonyl (C=O) groups is 1. The summed E-state index contributed by atoms with van der Waals surface area (Å²) in [6, 6.07) is 7.04. The molecule has 1 fully saturated rings. The van der Waals surface area contributed by atoms with E-state index in [0.717, 1.165) is 22.3 Å². The fourth-order valence-corrected chi connectivity index (χ4v) is 6.00. The molecule has 3 aromatic rings. The lowest BCUT2D eigenvalue weighted by Gasteiger charge is -2.24. The van der Waals surface area contributed by atoms with Crippen molar-refractivity contribution >= 4 is 38.8 Å². The predicted molar refractivity (Wildman–Crippen MR) is 134 cm³/mol. The highest BCUT2D eigenvalue weighted by atomic mass is 35.5. The topological polar surface area (TPSA) is 75.0 Å². The molecule has 1 unspecified atom stereocenters. The van der Waals surface area contributed by atoms with E-state index in [2.05, 4.69) is 4.98 Å². The van der Waals surface area contributed by atoms with Gasteiger partial charge in [0.25, 0.3) is 5.91 Å². The summed E-state index contributed by atoms with van der Waals surface area (Å²) in [6.45, 7) is 0.752. The van der Waals surface area contributed by atoms with E-state index in [9.17, 15) is 30.8 Å². The SMILES string of the molecule is CS(=O)(=O)N1CC=C(c2cc(C(F)(F)F)c3nc(C(=O)N4CCC(c5cccc(F)c5)C4)c(Cl)n3c2)CC1. The first kappa shape index (κ1) is 26.6. The van der Waals surface area contributed by atoms with Crippen LogP contribution in [0.3, 0.4) is 0 Å². The molecular weight excluding hydrogens is 548 g/mol. The third-order valence-electron chi connectivity index (χ3n) is 6.98. The first-order valence-electron chi connectivity index (χ1n) is 11.8. The van der Waals surface area contributed by atoms with E-state index < -0.39 is 33.3 Å². The molecule has 38 heavy (non-hydrogen) atoms. The summed E-state index contributed by atoms with van der Waals surface area (Å²) in [5, 5.41) is -0.249. The molecule has 4 heterocycles. The van der Waals surface area contributed by atoms with Gasteiger partial charge in [-0.05, 0) is 47.7 Å². The molecule has 1 amide bonds. The smallest absolute Gasteiger partial charge is 0.337 e. The van der Waals surface area contributed by atoms with Gasteiger partial charge < -0.3 is 4.90 Å². The summed E-state index contributed by atoms with van der Waals surface area (Å²) < 4.78 is 81.7. The maximum absolute atomic E-state index is 14.1. The van der Waals surface area contributed by atoms with Crippen LogP contribution in [0.5, 0.6) is 0 Å². The molecule has 2 aliphatic heterocycles. The van der Waals surface area contributed by atoms with Crippen molar-refractivity contribution in [1.82, 2.24) is 18.6 Å². The number of amides is 1. The van der Waals surface area contributed by atoms with Crippen molar-refractivity contribution in [3.05, 3.63) is 76.0 Å². The van der Waals surface area contributed by atoms with Crippen molar-refractivity contribution in [2.45, 2.75) is 24.9 Å². The maximum Gasteiger partial charge on any atom is 0.420 e. The quantitative estimate of drug-likeness (QED) is 0.422. The molecule has 0 spiro atoms. The number of carbonyl (C=O) groups excluding carboxylic acids is 1. The molecule has 1 saturated heterocycles. The van der Waals surface area contributed by atoms with Gasteiger partial charge in [0.1, 0.15) is 11.0 Å². The van der Waals surface area contributed by atoms with Crippen LogP contribution in [-0.4, -0.2) is 65.3 Å². The fourth-order valence-electron chi connectivity index (χ4n) is 4.98. The van der Waals surface area contributed by atoms with Gasteiger partial charge in [0.15, 0.2) is 11.3 Å². The van der Waals surface area contributed by atoms with E-state index in [0.29, 0.717) is 18.5 Å². The number of nitrogens with zero attached hydrogens (tertiary/aromatic N) is 4. The van der Waals surface area contributed by atoms with Crippen LogP contribution in [0.25, 0.3) is 11.2 Å². The second kappa shape index (κ2) is 9.65. The summed E-state index contributed by atoms with van der Waals surface area (Å²) in [4.78, 5) is 18.8. The lowest BCUT2D eigenvalue weighted by Crippen LogP contribution is -2.33. The summed E-state index contributed by atoms with van der Waals surface area (Å²) in [5.41, 5.74) is -0.363. The number of rotatable bonds is 4. The Labute approximate surface area is 221 Å². The van der Waals surface area contributed by atoms with Crippen LogP contribution in [0, 0.1) is 5.82 Å². The normalized spacial score (nSPS) is 19.3. The molecule has 0 bridgehead atoms. The molecule has 2 aliphatic rings. The summed E-state index contributed by atoms with van der Waals surface area (Å²) >= 11 is 6.45. The van der Waals surface area contributed by atoms with Gasteiger partial charge >= 0.3 is 6.18 Å². The van der Waals surface area contributed by atoms with Gasteiger partial charge in [-0.15, -0.1) is 0 Å². The Morgan fingerprint density at radius 2 is 1.95 bits per heavy atom. The van der Waals surface area contributed by atoms with Crippen molar-refractivity contribution in [1.29, 1.82) is 0 Å². The van der Waals surface area contributed by atoms with Crippen molar-refractivity contribution in [2.24, 2.45) is 0 Å². The molecule has 7 nitrogen and oxygen atoms in total. The Balaban J connectivity index is 1.49. The monoisotopic (exact) mass is 570 g/mol. The van der Waals surface area contributed by atoms with Gasteiger partial charge in [-0.3, -0.25) is 9.20 Å². The van der Waals surface area contributed by atoms with Crippen LogP contribution in [0.15, 0.2) is 42.6 Å². The Morgan fingerprint density at radius 1 is 1.18 bits per heavy atom. The first-order valence-corrected chi connectivity index (χ1v) is 14.0. The second-order valence-corrected chi connectivity index (χ2v) is 11.8. The van der Waals surface area contributed by atoms with E-state index in [1.54, 1.807) is 18.2 Å². The Bertz CT molecular complexity index is 1570. The number of hydrogen-bond acceptors (Lipinski definition) is 4. The van der Waals surface area contributed by atoms with Gasteiger partial charge in [-0.25, -0.2) is 17.8 Å². The highest BCUT2D eigenvalue weighted by molar-refractivity contribution is 7.88. The number of imidazole rings is 1. The van der Waals surface area contributed by atoms with Gasteiger partial charge in [0.2, 0.25) is 10.0 Å². The Kier molecular flexibility index (Phi) is 6.77. The molecule has 13 heteroatoms. The highest BCUT2D eigenvalue weighted by Crippen LogP contribution is 2.38. The summed E-state index contributed by atoms with van der Waals surface area (Å²) in [6.07, 6.45) is 0.0261. The zero-order valence-corrected chi connectivity index (χ0v) is 21.7. The van der Waals surface area contributed by atoms with Gasteiger partial charge in [-0.2, -0.15) is 17.5 Å². The average molecular weight is 571 g/mol. The Hall–Kier alpha value is -2.96. The minimum Gasteiger partial charge on any atom is -0.337 e. The predicted octanol–water partition coefficient (Wildman–Crippen LogP) is 4.82. The molecule has 202 valence electrons. The van der Waals surface area contributed by atoms with Crippen molar-refractivity contribution in [2.75, 3.05) is 32.4 Å². The van der Waals surface area contributed by atoms with Crippen LogP contribution in [-0.2, 0) is 16.2 Å². The van der Waals surface area contributed by atoms with Crippen molar-refractivity contribution in [3.8, 4) is 0 Å². The van der Waals surface area contributed by atoms with E-state index in [4.69, 9.17) is 11.6 Å². The standard InChI is InChI=1S/C25H23ClF4N4O3S/c1-38(36,37)33-9-6-15(7-10-33)18-12-20(25(28,29)30)23-31-21(22(26)34(23)14-18)24(35)32-8-5-17(13-32)16-3-2-4-19(27)11-16/h2-4,6,11-12,14,17H,5,7-10,13H2,1H3. The third kappa shape index (κ3) is 5.04. The molecule has 0 N–H and O–H groups in total. The van der Waals surface area contributed by atoms with Crippen LogP contribution < -0.4 is 0 Å². The van der Waals surface area contributed by atoms with E-state index in [1.165, 1.54) is 27.5 Å². The van der Waals surface area contributed by atoms with Crippen LogP contribution in [0.1, 0.15) is 45.9 Å². The lowest BCUT2D eigenvalue weighted by atomic mass is 9.98. The van der Waals surface area contributed by atoms with Gasteiger partial charge in [-0.1, -0.05) is 29.8 Å². The minimum absolute atomic E-state index is 0.0381. The molecule has 5 rings (SSSR count). The molecule has 0 aliphatic carbocycles. The van der Waals surface area contributed by atoms with Gasteiger partial charge in [0.05, 0.1) is 11.8 Å². The second-order valence-electron chi connectivity index (χ2n) is 9.48. The molecule has 1 aromatic carbocycles. The van der Waals surface area contributed by atoms with Crippen molar-refractivity contribution < 1.29 is 30.8 Å². The lowest BCUT2D eigenvalue weighted by molar-refractivity contribution is -0.136. The first-order chi connectivity index (χ1) is 17.8. The highest BCUT2D eigenvalue weighted by Gasteiger charge is 2.38. The number of benzene rings is 1. The number of alkyl halides is 3. The zero-order chi connectivity index (χ0) is 27.4. The molecular formula is C25H23ClF4N4O3S. The average Bonchev–Trinajstić information content (AvgIpc) is 3.48. The number of sulfonamides is 1. The number of halogens is 5. The van der Waals surface area contributed by atoms with Crippen molar-refractivity contribution in [3.63, 3.8) is 0 Å². The van der Waals surface area contributed by atoms with E-state index in [-0.39, 0.29) is 54.2 Å². The van der Waals surface area contributed by atoms with E-state index >= 15 is 0 Å². The van der Waals surface area contributed by atoms with E-state index in [1.807, 2.05) is 0 Å². The maximum atomic E-state index is 14.1. The largest absolute Gasteiger partial charge is 0.420 e. The number of pyridine rings is 1. The fraction of sp³-hybridized carbons (Fsp3) is 0.360.